The van der Waals surface area contributed by atoms with Crippen molar-refractivity contribution in [2.45, 2.75) is 29.5 Å². The van der Waals surface area contributed by atoms with Gasteiger partial charge in [-0.2, -0.15) is 35.1 Å². The molecule has 1 aliphatic carbocycles. The zero-order valence-electron chi connectivity index (χ0n) is 9.59. The zero-order chi connectivity index (χ0) is 15.6. The summed E-state index contributed by atoms with van der Waals surface area (Å²) < 4.78 is 124. The number of rotatable bonds is 1. The van der Waals surface area contributed by atoms with Crippen molar-refractivity contribution in [2.24, 2.45) is 0 Å². The lowest BCUT2D eigenvalue weighted by Crippen LogP contribution is -2.67. The summed E-state index contributed by atoms with van der Waals surface area (Å²) >= 11 is 0. The Balaban J connectivity index is 2.61. The number of hydrogen-bond donors (Lipinski definition) is 0. The monoisotopic (exact) mass is 317 g/mol. The van der Waals surface area contributed by atoms with Crippen molar-refractivity contribution in [1.82, 2.24) is 4.90 Å². The van der Waals surface area contributed by atoms with E-state index in [2.05, 4.69) is 4.74 Å². The summed E-state index contributed by atoms with van der Waals surface area (Å²) in [5.74, 6) is -31.0. The van der Waals surface area contributed by atoms with E-state index in [0.717, 1.165) is 0 Å². The van der Waals surface area contributed by atoms with Crippen molar-refractivity contribution in [3.63, 3.8) is 0 Å². The molecule has 2 fully saturated rings. The van der Waals surface area contributed by atoms with Crippen LogP contribution in [-0.4, -0.2) is 60.7 Å². The van der Waals surface area contributed by atoms with Crippen molar-refractivity contribution >= 4 is 0 Å². The first-order chi connectivity index (χ1) is 8.86. The van der Waals surface area contributed by atoms with Gasteiger partial charge in [0, 0.05) is 13.1 Å². The molecule has 0 N–H and O–H groups in total. The maximum atomic E-state index is 14.2. The Morgan fingerprint density at radius 3 is 1.30 bits per heavy atom. The van der Waals surface area contributed by atoms with E-state index in [0.29, 0.717) is 0 Å². The van der Waals surface area contributed by atoms with E-state index in [1.165, 1.54) is 0 Å². The molecule has 0 atom stereocenters. The zero-order valence-corrected chi connectivity index (χ0v) is 9.59. The molecule has 2 nitrogen and oxygen atoms in total. The van der Waals surface area contributed by atoms with Gasteiger partial charge in [-0.25, -0.2) is 4.39 Å². The summed E-state index contributed by atoms with van der Waals surface area (Å²) in [6.45, 7) is -2.91. The van der Waals surface area contributed by atoms with Gasteiger partial charge in [-0.1, -0.05) is 0 Å². The molecule has 1 heterocycles. The molecule has 1 aliphatic heterocycles. The average molecular weight is 317 g/mol. The van der Waals surface area contributed by atoms with E-state index < -0.39 is 60.7 Å². The molecule has 0 amide bonds. The highest BCUT2D eigenvalue weighted by Gasteiger charge is 3.01. The van der Waals surface area contributed by atoms with Gasteiger partial charge >= 0.3 is 29.5 Å². The molecular weight excluding hydrogens is 309 g/mol. The third-order valence-electron chi connectivity index (χ3n) is 3.46. The van der Waals surface area contributed by atoms with E-state index in [4.69, 9.17) is 0 Å². The molecule has 2 rings (SSSR count). The highest BCUT2D eigenvalue weighted by Crippen LogP contribution is 2.69. The van der Waals surface area contributed by atoms with Crippen LogP contribution < -0.4 is 0 Å². The minimum absolute atomic E-state index is 0.411. The fourth-order valence-electron chi connectivity index (χ4n) is 2.28. The Bertz CT molecular complexity index is 378. The number of nitrogens with zero attached hydrogens (tertiary/aromatic N) is 1. The van der Waals surface area contributed by atoms with Crippen molar-refractivity contribution in [3.05, 3.63) is 0 Å². The van der Waals surface area contributed by atoms with Gasteiger partial charge < -0.3 is 4.74 Å². The van der Waals surface area contributed by atoms with E-state index >= 15 is 0 Å². The normalized spacial score (nSPS) is 34.0. The molecule has 1 saturated heterocycles. The summed E-state index contributed by atoms with van der Waals surface area (Å²) in [6.07, 6.45) is 0. The Morgan fingerprint density at radius 1 is 0.600 bits per heavy atom. The Kier molecular flexibility index (Phi) is 3.08. The highest BCUT2D eigenvalue weighted by molar-refractivity contribution is 5.26. The number of alkyl halides is 9. The maximum Gasteiger partial charge on any atom is 0.383 e. The molecule has 118 valence electrons. The van der Waals surface area contributed by atoms with Gasteiger partial charge in [0.15, 0.2) is 0 Å². The van der Waals surface area contributed by atoms with Crippen molar-refractivity contribution in [1.29, 1.82) is 0 Å². The standard InChI is InChI=1S/C9H8F9NO/c10-5(11)6(12,13)8(16,17)9(18,7(5,14)15)19-1-3-20-4-2-19/h1-4H2. The van der Waals surface area contributed by atoms with Crippen LogP contribution in [0.25, 0.3) is 0 Å². The van der Waals surface area contributed by atoms with Crippen LogP contribution in [0.5, 0.6) is 0 Å². The van der Waals surface area contributed by atoms with Crippen LogP contribution in [-0.2, 0) is 4.74 Å². The lowest BCUT2D eigenvalue weighted by atomic mass is 10.0. The number of morpholine rings is 1. The van der Waals surface area contributed by atoms with Crippen LogP contribution in [0.4, 0.5) is 39.5 Å². The first-order valence-electron chi connectivity index (χ1n) is 5.38. The van der Waals surface area contributed by atoms with Crippen LogP contribution >= 0.6 is 0 Å². The second kappa shape index (κ2) is 3.93. The second-order valence-electron chi connectivity index (χ2n) is 4.52. The molecule has 0 aromatic carbocycles. The summed E-state index contributed by atoms with van der Waals surface area (Å²) in [6, 6.07) is 0. The second-order valence-corrected chi connectivity index (χ2v) is 4.52. The SMILES string of the molecule is FC1(F)C(F)(F)C(F)(F)C(F)(N2CCOCC2)C1(F)F. The summed E-state index contributed by atoms with van der Waals surface area (Å²) in [5.41, 5.74) is 0. The Labute approximate surface area is 106 Å². The topological polar surface area (TPSA) is 12.5 Å². The predicted molar refractivity (Wildman–Crippen MR) is 46.0 cm³/mol. The molecule has 11 heteroatoms. The van der Waals surface area contributed by atoms with Crippen molar-refractivity contribution < 1.29 is 44.3 Å². The van der Waals surface area contributed by atoms with E-state index in [1.807, 2.05) is 0 Å². The lowest BCUT2D eigenvalue weighted by Gasteiger charge is -2.41. The first-order valence-corrected chi connectivity index (χ1v) is 5.38. The van der Waals surface area contributed by atoms with Gasteiger partial charge in [0.05, 0.1) is 13.2 Å². The molecule has 20 heavy (non-hydrogen) atoms. The van der Waals surface area contributed by atoms with Crippen LogP contribution in [0.1, 0.15) is 0 Å². The van der Waals surface area contributed by atoms with Crippen LogP contribution in [0.3, 0.4) is 0 Å². The highest BCUT2D eigenvalue weighted by atomic mass is 19.4. The molecule has 2 aliphatic rings. The largest absolute Gasteiger partial charge is 0.383 e. The molecule has 0 aromatic rings. The number of hydrogen-bond acceptors (Lipinski definition) is 2. The summed E-state index contributed by atoms with van der Waals surface area (Å²) in [7, 11) is 0. The van der Waals surface area contributed by atoms with Gasteiger partial charge in [0.1, 0.15) is 0 Å². The smallest absolute Gasteiger partial charge is 0.379 e. The van der Waals surface area contributed by atoms with Crippen molar-refractivity contribution in [3.8, 4) is 0 Å². The van der Waals surface area contributed by atoms with Gasteiger partial charge in [-0.3, -0.25) is 4.90 Å². The third-order valence-corrected chi connectivity index (χ3v) is 3.46. The van der Waals surface area contributed by atoms with Gasteiger partial charge in [-0.05, 0) is 0 Å². The fourth-order valence-corrected chi connectivity index (χ4v) is 2.28. The minimum atomic E-state index is -6.52. The number of halogens is 9. The van der Waals surface area contributed by atoms with Crippen LogP contribution in [0, 0.1) is 0 Å². The predicted octanol–water partition coefficient (Wildman–Crippen LogP) is 2.54. The quantitative estimate of drug-likeness (QED) is 0.544. The lowest BCUT2D eigenvalue weighted by molar-refractivity contribution is -0.311. The fraction of sp³-hybridized carbons (Fsp3) is 1.00. The molecule has 0 unspecified atom stereocenters. The van der Waals surface area contributed by atoms with E-state index in [-0.39, 0.29) is 0 Å². The Morgan fingerprint density at radius 2 is 0.950 bits per heavy atom. The minimum Gasteiger partial charge on any atom is -0.379 e. The summed E-state index contributed by atoms with van der Waals surface area (Å²) in [5, 5.41) is 0. The molecule has 0 aromatic heterocycles. The maximum absolute atomic E-state index is 14.2. The van der Waals surface area contributed by atoms with E-state index in [9.17, 15) is 39.5 Å². The van der Waals surface area contributed by atoms with Crippen LogP contribution in [0.15, 0.2) is 0 Å². The van der Waals surface area contributed by atoms with Gasteiger partial charge in [0.2, 0.25) is 0 Å². The molecule has 0 spiro atoms. The molecule has 0 bridgehead atoms. The van der Waals surface area contributed by atoms with Crippen LogP contribution in [0.2, 0.25) is 0 Å². The molecule has 1 saturated carbocycles. The first kappa shape index (κ1) is 15.7. The van der Waals surface area contributed by atoms with E-state index in [1.54, 1.807) is 0 Å². The molecule has 0 radical (unpaired) electrons. The summed E-state index contributed by atoms with van der Waals surface area (Å²) in [4.78, 5) is -0.411. The molecular formula is C9H8F9NO. The Hall–Kier alpha value is -0.710. The third kappa shape index (κ3) is 1.35. The average Bonchev–Trinajstić information content (AvgIpc) is 2.41. The van der Waals surface area contributed by atoms with Gasteiger partial charge in [-0.15, -0.1) is 0 Å². The van der Waals surface area contributed by atoms with Crippen molar-refractivity contribution in [2.75, 3.05) is 26.3 Å². The van der Waals surface area contributed by atoms with Gasteiger partial charge in [0.25, 0.3) is 0 Å². The number of ether oxygens (including phenoxy) is 1.